The van der Waals surface area contributed by atoms with Crippen LogP contribution in [0.2, 0.25) is 0 Å². The monoisotopic (exact) mass is 1260 g/mol. The number of carbonyl (C=O) groups is 2. The van der Waals surface area contributed by atoms with Gasteiger partial charge in [0, 0.05) is 30.4 Å². The Bertz CT molecular complexity index is 3360. The number of benzene rings is 4. The van der Waals surface area contributed by atoms with Gasteiger partial charge in [0.25, 0.3) is 0 Å². The van der Waals surface area contributed by atoms with Crippen molar-refractivity contribution in [1.82, 2.24) is 0 Å². The standard InChI is InChI=1S/C57H62O32/c58-17-35-41(68)45(72)49(76)55(85-35)83-33-12-22(1-6-27(33)62)4-10-40(67)79-19-37-43(70)46(73)50(77)54(87-37)82-31-8-2-21(11-30(31)65)3-9-39(66)80-20-38-44(71)47(74)51(78)56(88-38)89-53-48(75)42(69)36(18-59)86-57(53)84-34-16-25-28(63)14-24(60)15-32(25)81-52(34)23-5-7-26(61)29(64)13-23/h1-16,35-38,41-51,53-59,68-78H,17-20H2,(H5-,60,61,62,63,64,65,67)/p+1/b9-3+/t35-,36-,37-,38-,41-,42-,43-,44-,45+,46+,47+,48+,49-,50-,51-,53-,54-,55-,56+,57-/m1/s1. The number of fused-ring (bicyclic) bond motifs is 1. The van der Waals surface area contributed by atoms with Gasteiger partial charge < -0.3 is 144 Å². The van der Waals surface area contributed by atoms with Gasteiger partial charge in [0.05, 0.1) is 24.8 Å². The Morgan fingerprint density at radius 2 is 0.933 bits per heavy atom. The summed E-state index contributed by atoms with van der Waals surface area (Å²) in [5, 5.41) is 199. The lowest BCUT2D eigenvalue weighted by atomic mass is 9.97. The van der Waals surface area contributed by atoms with E-state index in [1.807, 2.05) is 0 Å². The van der Waals surface area contributed by atoms with Crippen LogP contribution in [0.1, 0.15) is 11.1 Å². The molecule has 0 aliphatic carbocycles. The fraction of sp³-hybridized carbons (Fsp3) is 0.421. The minimum absolute atomic E-state index is 0.0347. The molecule has 4 aromatic carbocycles. The SMILES string of the molecule is O=C(C=Cc1ccc(O)c(O[C@@H]2O[C@H](CO)[C@@H](O)[C@H](O)[C@H]2O)c1)OC[C@H]1O[C@@H](Oc2ccc(/C=C/C(=O)OC[C@H]3O[C@@H](O[C@H]4[C@H](Oc5cc6c(O)cc(O)cc6[o+]c5-c5ccc(O)c(O)c5)O[C@H](CO)[C@@H](O)[C@@H]4O)[C@H](O)[C@@H](O)[C@@H]3O)cc2O)[C@H](O)[C@@H](O)[C@@H]1O. The Hall–Kier alpha value is -7.81. The number of esters is 2. The molecule has 0 unspecified atom stereocenters. The number of rotatable bonds is 19. The van der Waals surface area contributed by atoms with Crippen LogP contribution in [0.3, 0.4) is 0 Å². The van der Waals surface area contributed by atoms with Gasteiger partial charge in [-0.05, 0) is 59.7 Å². The van der Waals surface area contributed by atoms with E-state index in [-0.39, 0.29) is 50.7 Å². The summed E-state index contributed by atoms with van der Waals surface area (Å²) in [7, 11) is 0. The molecular weight excluding hydrogens is 1200 g/mol. The maximum Gasteiger partial charge on any atom is 0.402 e. The van der Waals surface area contributed by atoms with E-state index in [1.54, 1.807) is 0 Å². The van der Waals surface area contributed by atoms with Crippen molar-refractivity contribution >= 4 is 35.1 Å². The summed E-state index contributed by atoms with van der Waals surface area (Å²) >= 11 is 0. The van der Waals surface area contributed by atoms with E-state index in [0.29, 0.717) is 0 Å². The molecule has 5 aromatic rings. The number of aliphatic hydroxyl groups excluding tert-OH is 13. The van der Waals surface area contributed by atoms with Gasteiger partial charge in [-0.2, -0.15) is 0 Å². The van der Waals surface area contributed by atoms with Crippen molar-refractivity contribution in [3.05, 3.63) is 96.1 Å². The van der Waals surface area contributed by atoms with Crippen LogP contribution in [0.15, 0.2) is 89.4 Å². The third-order valence-corrected chi connectivity index (χ3v) is 14.7. The molecule has 4 aliphatic rings. The van der Waals surface area contributed by atoms with Crippen LogP contribution < -0.4 is 14.2 Å². The van der Waals surface area contributed by atoms with Crippen LogP contribution in [-0.2, 0) is 42.7 Å². The Kier molecular flexibility index (Phi) is 20.6. The average Bonchev–Trinajstić information content (AvgIpc) is 0.938. The fourth-order valence-corrected chi connectivity index (χ4v) is 9.67. The van der Waals surface area contributed by atoms with E-state index in [9.17, 15) is 107 Å². The lowest BCUT2D eigenvalue weighted by molar-refractivity contribution is -0.358. The summed E-state index contributed by atoms with van der Waals surface area (Å²) in [4.78, 5) is 25.7. The summed E-state index contributed by atoms with van der Waals surface area (Å²) in [6.45, 7) is -3.18. The highest BCUT2D eigenvalue weighted by Crippen LogP contribution is 2.43. The van der Waals surface area contributed by atoms with Crippen LogP contribution in [0, 0.1) is 0 Å². The van der Waals surface area contributed by atoms with Crippen LogP contribution >= 0.6 is 0 Å². The topological polar surface area (TPSA) is 522 Å². The van der Waals surface area contributed by atoms with Gasteiger partial charge in [-0.3, -0.25) is 0 Å². The van der Waals surface area contributed by atoms with E-state index in [1.165, 1.54) is 36.4 Å². The van der Waals surface area contributed by atoms with E-state index >= 15 is 0 Å². The van der Waals surface area contributed by atoms with E-state index in [2.05, 4.69) is 0 Å². The number of aromatic hydroxyl groups is 6. The van der Waals surface area contributed by atoms with E-state index < -0.39 is 196 Å². The Morgan fingerprint density at radius 1 is 0.438 bits per heavy atom. The lowest BCUT2D eigenvalue weighted by Gasteiger charge is -2.45. The van der Waals surface area contributed by atoms with Crippen LogP contribution in [-0.4, -0.2) is 258 Å². The molecule has 0 spiro atoms. The molecule has 5 heterocycles. The van der Waals surface area contributed by atoms with Gasteiger partial charge in [0.2, 0.25) is 24.6 Å². The van der Waals surface area contributed by atoms with Crippen molar-refractivity contribution in [2.45, 2.75) is 123 Å². The van der Waals surface area contributed by atoms with Gasteiger partial charge in [-0.25, -0.2) is 14.0 Å². The van der Waals surface area contributed by atoms with Gasteiger partial charge >= 0.3 is 23.3 Å². The number of carbonyl (C=O) groups excluding carboxylic acids is 2. The molecule has 4 fully saturated rings. The first kappa shape index (κ1) is 65.6. The zero-order chi connectivity index (χ0) is 64.3. The van der Waals surface area contributed by atoms with Crippen molar-refractivity contribution in [3.8, 4) is 63.1 Å². The summed E-state index contributed by atoms with van der Waals surface area (Å²) in [5.41, 5.74) is 0.275. The molecule has 482 valence electrons. The zero-order valence-electron chi connectivity index (χ0n) is 45.9. The van der Waals surface area contributed by atoms with Gasteiger partial charge in [0.15, 0.2) is 46.9 Å². The largest absolute Gasteiger partial charge is 0.507 e. The highest BCUT2D eigenvalue weighted by Gasteiger charge is 2.53. The molecule has 19 N–H and O–H groups in total. The number of hydrogen-bond donors (Lipinski definition) is 19. The van der Waals surface area contributed by atoms with Gasteiger partial charge in [0.1, 0.15) is 122 Å². The molecule has 89 heavy (non-hydrogen) atoms. The van der Waals surface area contributed by atoms with Crippen LogP contribution in [0.25, 0.3) is 34.4 Å². The Balaban J connectivity index is 0.798. The smallest absolute Gasteiger partial charge is 0.402 e. The molecule has 4 aliphatic heterocycles. The van der Waals surface area contributed by atoms with Crippen LogP contribution in [0.5, 0.6) is 51.7 Å². The maximum absolute atomic E-state index is 13.0. The summed E-state index contributed by atoms with van der Waals surface area (Å²) in [6, 6.07) is 14.0. The van der Waals surface area contributed by atoms with Crippen molar-refractivity contribution in [2.75, 3.05) is 26.4 Å². The second-order valence-electron chi connectivity index (χ2n) is 20.8. The molecule has 20 atom stereocenters. The second-order valence-corrected chi connectivity index (χ2v) is 20.8. The lowest BCUT2D eigenvalue weighted by Crippen LogP contribution is -2.65. The average molecular weight is 1260 g/mol. The molecule has 1 aromatic heterocycles. The molecule has 0 radical (unpaired) electrons. The highest BCUT2D eigenvalue weighted by atomic mass is 16.8. The molecule has 4 saturated heterocycles. The Labute approximate surface area is 500 Å². The van der Waals surface area contributed by atoms with Gasteiger partial charge in [-0.1, -0.05) is 12.1 Å². The molecule has 32 heteroatoms. The number of phenolic OH excluding ortho intramolecular Hbond substituents is 6. The first-order chi connectivity index (χ1) is 42.3. The fourth-order valence-electron chi connectivity index (χ4n) is 9.67. The van der Waals surface area contributed by atoms with Crippen LogP contribution in [0.4, 0.5) is 0 Å². The van der Waals surface area contributed by atoms with Gasteiger partial charge in [-0.15, -0.1) is 0 Å². The number of hydrogen-bond acceptors (Lipinski definition) is 31. The van der Waals surface area contributed by atoms with Crippen molar-refractivity contribution in [1.29, 1.82) is 0 Å². The predicted molar refractivity (Wildman–Crippen MR) is 291 cm³/mol. The minimum atomic E-state index is -2.11. The molecule has 0 bridgehead atoms. The second kappa shape index (κ2) is 27.9. The minimum Gasteiger partial charge on any atom is -0.507 e. The maximum atomic E-state index is 13.0. The number of phenols is 6. The summed E-state index contributed by atoms with van der Waals surface area (Å²) in [5.74, 6) is -6.42. The van der Waals surface area contributed by atoms with Crippen molar-refractivity contribution < 1.29 is 158 Å². The molecular formula is C57H63O32+. The van der Waals surface area contributed by atoms with E-state index in [0.717, 1.165) is 60.7 Å². The first-order valence-electron chi connectivity index (χ1n) is 27.0. The molecule has 9 rings (SSSR count). The Morgan fingerprint density at radius 3 is 1.52 bits per heavy atom. The first-order valence-corrected chi connectivity index (χ1v) is 27.0. The zero-order valence-corrected chi connectivity index (χ0v) is 45.9. The third kappa shape index (κ3) is 14.6. The third-order valence-electron chi connectivity index (χ3n) is 14.7. The quantitative estimate of drug-likeness (QED) is 0.0165. The summed E-state index contributed by atoms with van der Waals surface area (Å²) in [6.07, 6.45) is -32.2. The molecule has 32 nitrogen and oxygen atoms in total. The molecule has 0 amide bonds. The van der Waals surface area contributed by atoms with E-state index in [4.69, 9.17) is 51.8 Å². The van der Waals surface area contributed by atoms with Crippen molar-refractivity contribution in [2.24, 2.45) is 0 Å². The highest BCUT2D eigenvalue weighted by molar-refractivity contribution is 5.89. The predicted octanol–water partition coefficient (Wildman–Crippen LogP) is -3.50. The van der Waals surface area contributed by atoms with Crippen molar-refractivity contribution in [3.63, 3.8) is 0 Å². The normalized spacial score (nSPS) is 32.4. The number of aliphatic hydroxyl groups is 13. The number of ether oxygens (including phenoxy) is 10. The summed E-state index contributed by atoms with van der Waals surface area (Å²) < 4.78 is 61.9. The molecule has 0 saturated carbocycles.